The first-order chi connectivity index (χ1) is 6.69. The van der Waals surface area contributed by atoms with Crippen LogP contribution in [0, 0.1) is 0 Å². The van der Waals surface area contributed by atoms with Crippen LogP contribution in [0.2, 0.25) is 0 Å². The van der Waals surface area contributed by atoms with Gasteiger partial charge in [-0.05, 0) is 36.7 Å². The van der Waals surface area contributed by atoms with Crippen LogP contribution in [0.1, 0.15) is 12.0 Å². The molecule has 0 bridgehead atoms. The minimum absolute atomic E-state index is 0.606. The second-order valence-electron chi connectivity index (χ2n) is 2.99. The standard InChI is InChI=1S/C11H14BrNO/c1-8(5-6-13)10-7-9(12)3-4-11(10)14-2/h3-4,7H,1,5-6,13H2,2H3. The number of ether oxygens (including phenoxy) is 1. The molecule has 0 spiro atoms. The lowest BCUT2D eigenvalue weighted by Gasteiger charge is -2.10. The average Bonchev–Trinajstić information content (AvgIpc) is 2.18. The maximum atomic E-state index is 5.48. The fraction of sp³-hybridized carbons (Fsp3) is 0.273. The fourth-order valence-corrected chi connectivity index (χ4v) is 1.63. The molecule has 0 unspecified atom stereocenters. The molecule has 0 radical (unpaired) electrons. The van der Waals surface area contributed by atoms with E-state index < -0.39 is 0 Å². The Hall–Kier alpha value is -0.800. The maximum absolute atomic E-state index is 5.48. The molecule has 3 heteroatoms. The molecule has 1 rings (SSSR count). The molecule has 2 nitrogen and oxygen atoms in total. The Morgan fingerprint density at radius 2 is 2.29 bits per heavy atom. The van der Waals surface area contributed by atoms with Gasteiger partial charge in [0.25, 0.3) is 0 Å². The van der Waals surface area contributed by atoms with E-state index >= 15 is 0 Å². The zero-order chi connectivity index (χ0) is 10.6. The number of rotatable bonds is 4. The smallest absolute Gasteiger partial charge is 0.126 e. The molecule has 0 aliphatic heterocycles. The van der Waals surface area contributed by atoms with Gasteiger partial charge in [0.05, 0.1) is 7.11 Å². The van der Waals surface area contributed by atoms with Crippen molar-refractivity contribution in [2.75, 3.05) is 13.7 Å². The highest BCUT2D eigenvalue weighted by Gasteiger charge is 2.06. The van der Waals surface area contributed by atoms with Crippen molar-refractivity contribution < 1.29 is 4.74 Å². The largest absolute Gasteiger partial charge is 0.496 e. The summed E-state index contributed by atoms with van der Waals surface area (Å²) in [4.78, 5) is 0. The molecule has 0 saturated heterocycles. The Morgan fingerprint density at radius 1 is 1.57 bits per heavy atom. The van der Waals surface area contributed by atoms with Gasteiger partial charge < -0.3 is 10.5 Å². The van der Waals surface area contributed by atoms with E-state index in [4.69, 9.17) is 10.5 Å². The molecular weight excluding hydrogens is 242 g/mol. The summed E-state index contributed by atoms with van der Waals surface area (Å²) < 4.78 is 6.27. The van der Waals surface area contributed by atoms with E-state index in [0.29, 0.717) is 6.54 Å². The van der Waals surface area contributed by atoms with Crippen LogP contribution in [0.4, 0.5) is 0 Å². The first-order valence-electron chi connectivity index (χ1n) is 4.40. The molecule has 0 heterocycles. The molecule has 0 saturated carbocycles. The zero-order valence-electron chi connectivity index (χ0n) is 8.22. The molecule has 0 amide bonds. The van der Waals surface area contributed by atoms with E-state index in [1.165, 1.54) is 0 Å². The lowest BCUT2D eigenvalue weighted by Crippen LogP contribution is -2.00. The summed E-state index contributed by atoms with van der Waals surface area (Å²) in [6.45, 7) is 4.59. The Labute approximate surface area is 92.9 Å². The van der Waals surface area contributed by atoms with E-state index in [2.05, 4.69) is 22.5 Å². The molecule has 76 valence electrons. The van der Waals surface area contributed by atoms with Crippen molar-refractivity contribution in [2.24, 2.45) is 5.73 Å². The SMILES string of the molecule is C=C(CCN)c1cc(Br)ccc1OC. The van der Waals surface area contributed by atoms with Gasteiger partial charge in [-0.3, -0.25) is 0 Å². The molecule has 14 heavy (non-hydrogen) atoms. The van der Waals surface area contributed by atoms with Crippen molar-refractivity contribution >= 4 is 21.5 Å². The summed E-state index contributed by atoms with van der Waals surface area (Å²) in [6.07, 6.45) is 0.785. The maximum Gasteiger partial charge on any atom is 0.126 e. The summed E-state index contributed by atoms with van der Waals surface area (Å²) >= 11 is 3.42. The highest BCUT2D eigenvalue weighted by Crippen LogP contribution is 2.29. The van der Waals surface area contributed by atoms with E-state index in [9.17, 15) is 0 Å². The topological polar surface area (TPSA) is 35.2 Å². The third-order valence-corrected chi connectivity index (χ3v) is 2.48. The van der Waals surface area contributed by atoms with Gasteiger partial charge in [0.15, 0.2) is 0 Å². The summed E-state index contributed by atoms with van der Waals surface area (Å²) in [7, 11) is 1.66. The Bertz CT molecular complexity index is 336. The molecule has 0 fully saturated rings. The lowest BCUT2D eigenvalue weighted by molar-refractivity contribution is 0.413. The highest BCUT2D eigenvalue weighted by atomic mass is 79.9. The van der Waals surface area contributed by atoms with Gasteiger partial charge in [0.2, 0.25) is 0 Å². The zero-order valence-corrected chi connectivity index (χ0v) is 9.80. The second kappa shape index (κ2) is 5.17. The number of methoxy groups -OCH3 is 1. The van der Waals surface area contributed by atoms with Crippen molar-refractivity contribution in [3.8, 4) is 5.75 Å². The predicted molar refractivity (Wildman–Crippen MR) is 63.4 cm³/mol. The molecule has 0 aromatic heterocycles. The van der Waals surface area contributed by atoms with Crippen LogP contribution in [0.15, 0.2) is 29.3 Å². The van der Waals surface area contributed by atoms with E-state index in [-0.39, 0.29) is 0 Å². The van der Waals surface area contributed by atoms with Crippen molar-refractivity contribution in [3.05, 3.63) is 34.8 Å². The number of hydrogen-bond donors (Lipinski definition) is 1. The van der Waals surface area contributed by atoms with Crippen molar-refractivity contribution in [2.45, 2.75) is 6.42 Å². The van der Waals surface area contributed by atoms with Crippen LogP contribution in [-0.4, -0.2) is 13.7 Å². The number of nitrogens with two attached hydrogens (primary N) is 1. The summed E-state index contributed by atoms with van der Waals surface area (Å²) in [6, 6.07) is 5.86. The van der Waals surface area contributed by atoms with Gasteiger partial charge >= 0.3 is 0 Å². The Balaban J connectivity index is 3.03. The average molecular weight is 256 g/mol. The monoisotopic (exact) mass is 255 g/mol. The van der Waals surface area contributed by atoms with Gasteiger partial charge in [0.1, 0.15) is 5.75 Å². The Morgan fingerprint density at radius 3 is 2.86 bits per heavy atom. The fourth-order valence-electron chi connectivity index (χ4n) is 1.27. The molecule has 0 atom stereocenters. The number of halogens is 1. The third-order valence-electron chi connectivity index (χ3n) is 1.99. The molecule has 2 N–H and O–H groups in total. The van der Waals surface area contributed by atoms with Gasteiger partial charge in [-0.15, -0.1) is 0 Å². The highest BCUT2D eigenvalue weighted by molar-refractivity contribution is 9.10. The van der Waals surface area contributed by atoms with Crippen LogP contribution in [0.25, 0.3) is 5.57 Å². The summed E-state index contributed by atoms with van der Waals surface area (Å²) in [5, 5.41) is 0. The van der Waals surface area contributed by atoms with E-state index in [1.807, 2.05) is 18.2 Å². The van der Waals surface area contributed by atoms with Crippen LogP contribution < -0.4 is 10.5 Å². The van der Waals surface area contributed by atoms with Crippen LogP contribution in [0.5, 0.6) is 5.75 Å². The minimum atomic E-state index is 0.606. The normalized spacial score (nSPS) is 9.93. The molecule has 0 aliphatic carbocycles. The quantitative estimate of drug-likeness (QED) is 0.899. The third kappa shape index (κ3) is 2.59. The lowest BCUT2D eigenvalue weighted by atomic mass is 10.0. The van der Waals surface area contributed by atoms with Crippen LogP contribution in [0.3, 0.4) is 0 Å². The molecule has 1 aromatic carbocycles. The van der Waals surface area contributed by atoms with E-state index in [0.717, 1.165) is 27.8 Å². The van der Waals surface area contributed by atoms with Crippen LogP contribution >= 0.6 is 15.9 Å². The second-order valence-corrected chi connectivity index (χ2v) is 3.90. The molecular formula is C11H14BrNO. The minimum Gasteiger partial charge on any atom is -0.496 e. The van der Waals surface area contributed by atoms with Crippen molar-refractivity contribution in [1.82, 2.24) is 0 Å². The van der Waals surface area contributed by atoms with Crippen LogP contribution in [-0.2, 0) is 0 Å². The Kier molecular flexibility index (Phi) is 4.17. The first kappa shape index (κ1) is 11.3. The predicted octanol–water partition coefficient (Wildman–Crippen LogP) is 2.82. The number of hydrogen-bond acceptors (Lipinski definition) is 2. The molecule has 1 aromatic rings. The van der Waals surface area contributed by atoms with Crippen molar-refractivity contribution in [1.29, 1.82) is 0 Å². The molecule has 0 aliphatic rings. The van der Waals surface area contributed by atoms with Gasteiger partial charge in [-0.1, -0.05) is 22.5 Å². The van der Waals surface area contributed by atoms with E-state index in [1.54, 1.807) is 7.11 Å². The summed E-state index contributed by atoms with van der Waals surface area (Å²) in [5.41, 5.74) is 7.51. The van der Waals surface area contributed by atoms with Gasteiger partial charge in [-0.2, -0.15) is 0 Å². The van der Waals surface area contributed by atoms with Gasteiger partial charge in [0, 0.05) is 10.0 Å². The first-order valence-corrected chi connectivity index (χ1v) is 5.20. The number of benzene rings is 1. The van der Waals surface area contributed by atoms with Crippen molar-refractivity contribution in [3.63, 3.8) is 0 Å². The summed E-state index contributed by atoms with van der Waals surface area (Å²) in [5.74, 6) is 0.839. The van der Waals surface area contributed by atoms with Gasteiger partial charge in [-0.25, -0.2) is 0 Å².